The smallest absolute Gasteiger partial charge is 0.246 e. The fourth-order valence-corrected chi connectivity index (χ4v) is 3.02. The van der Waals surface area contributed by atoms with Crippen LogP contribution in [0.15, 0.2) is 77.8 Å². The van der Waals surface area contributed by atoms with Crippen molar-refractivity contribution in [1.82, 2.24) is 4.98 Å². The summed E-state index contributed by atoms with van der Waals surface area (Å²) in [5, 5.41) is 5.64. The van der Waals surface area contributed by atoms with Crippen molar-refractivity contribution in [2.24, 2.45) is 4.99 Å². The van der Waals surface area contributed by atoms with E-state index in [9.17, 15) is 9.59 Å². The van der Waals surface area contributed by atoms with Gasteiger partial charge in [0.25, 0.3) is 0 Å². The minimum Gasteiger partial charge on any atom is -0.323 e. The molecule has 0 spiro atoms. The zero-order valence-corrected chi connectivity index (χ0v) is 15.1. The number of nitrogens with zero attached hydrogens (tertiary/aromatic N) is 2. The van der Waals surface area contributed by atoms with E-state index in [0.717, 1.165) is 11.1 Å². The molecule has 4 rings (SSSR count). The minimum absolute atomic E-state index is 0.0241. The zero-order chi connectivity index (χ0) is 19.3. The highest BCUT2D eigenvalue weighted by Gasteiger charge is 2.20. The van der Waals surface area contributed by atoms with Gasteiger partial charge in [-0.3, -0.25) is 14.6 Å². The van der Waals surface area contributed by atoms with Crippen LogP contribution < -0.4 is 10.6 Å². The minimum atomic E-state index is -0.199. The maximum absolute atomic E-state index is 12.4. The van der Waals surface area contributed by atoms with Crippen molar-refractivity contribution in [3.8, 4) is 0 Å². The van der Waals surface area contributed by atoms with Crippen molar-refractivity contribution in [1.29, 1.82) is 0 Å². The lowest BCUT2D eigenvalue weighted by molar-refractivity contribution is -0.116. The average molecular weight is 370 g/mol. The Morgan fingerprint density at radius 2 is 1.68 bits per heavy atom. The largest absolute Gasteiger partial charge is 0.323 e. The lowest BCUT2D eigenvalue weighted by atomic mass is 10.1. The summed E-state index contributed by atoms with van der Waals surface area (Å²) >= 11 is 0. The molecule has 1 aliphatic rings. The van der Waals surface area contributed by atoms with Crippen LogP contribution in [0, 0.1) is 0 Å². The van der Waals surface area contributed by atoms with Crippen LogP contribution in [0.2, 0.25) is 0 Å². The second-order valence-electron chi connectivity index (χ2n) is 6.38. The Balaban J connectivity index is 1.63. The average Bonchev–Trinajstić information content (AvgIpc) is 2.87. The van der Waals surface area contributed by atoms with Crippen LogP contribution in [0.1, 0.15) is 16.8 Å². The van der Waals surface area contributed by atoms with Crippen LogP contribution in [-0.4, -0.2) is 29.1 Å². The molecule has 0 aliphatic carbocycles. The first-order chi connectivity index (χ1) is 13.7. The molecule has 3 aromatic rings. The maximum Gasteiger partial charge on any atom is 0.246 e. The number of fused-ring (bicyclic) bond motifs is 1. The molecule has 2 N–H and O–H groups in total. The van der Waals surface area contributed by atoms with Gasteiger partial charge in [-0.2, -0.15) is 0 Å². The molecule has 6 nitrogen and oxygen atoms in total. The van der Waals surface area contributed by atoms with Crippen LogP contribution in [0.4, 0.5) is 11.5 Å². The van der Waals surface area contributed by atoms with Crippen molar-refractivity contribution in [3.63, 3.8) is 0 Å². The summed E-state index contributed by atoms with van der Waals surface area (Å²) in [6, 6.07) is 22.5. The highest BCUT2D eigenvalue weighted by atomic mass is 16.2. The first-order valence-corrected chi connectivity index (χ1v) is 8.94. The lowest BCUT2D eigenvalue weighted by Crippen LogP contribution is -2.17. The quantitative estimate of drug-likeness (QED) is 0.740. The molecule has 0 saturated carbocycles. The molecule has 0 fully saturated rings. The third kappa shape index (κ3) is 3.96. The zero-order valence-electron chi connectivity index (χ0n) is 15.1. The summed E-state index contributed by atoms with van der Waals surface area (Å²) in [5.74, 6) is 0.0591. The number of hydrogen-bond acceptors (Lipinski definition) is 4. The Kier molecular flexibility index (Phi) is 4.93. The van der Waals surface area contributed by atoms with Crippen molar-refractivity contribution in [2.45, 2.75) is 6.42 Å². The molecule has 28 heavy (non-hydrogen) atoms. The first-order valence-electron chi connectivity index (χ1n) is 8.94. The van der Waals surface area contributed by atoms with Gasteiger partial charge >= 0.3 is 0 Å². The van der Waals surface area contributed by atoms with Gasteiger partial charge in [-0.05, 0) is 17.7 Å². The number of aliphatic imine (C=N–C) groups is 1. The second-order valence-corrected chi connectivity index (χ2v) is 6.38. The van der Waals surface area contributed by atoms with Crippen molar-refractivity contribution in [2.75, 3.05) is 17.2 Å². The Morgan fingerprint density at radius 1 is 0.964 bits per heavy atom. The normalized spacial score (nSPS) is 13.0. The summed E-state index contributed by atoms with van der Waals surface area (Å²) in [6.45, 7) is 0.0241. The van der Waals surface area contributed by atoms with Gasteiger partial charge in [-0.1, -0.05) is 60.7 Å². The van der Waals surface area contributed by atoms with E-state index in [1.165, 1.54) is 0 Å². The molecular formula is C22H18N4O2. The molecule has 0 bridgehead atoms. The molecule has 0 saturated heterocycles. The van der Waals surface area contributed by atoms with Crippen LogP contribution in [0.25, 0.3) is 0 Å². The Labute approximate surface area is 162 Å². The van der Waals surface area contributed by atoms with E-state index in [-0.39, 0.29) is 24.8 Å². The molecule has 2 amide bonds. The number of rotatable bonds is 4. The fourth-order valence-electron chi connectivity index (χ4n) is 3.02. The molecule has 1 aromatic heterocycles. The number of hydrogen-bond donors (Lipinski definition) is 2. The summed E-state index contributed by atoms with van der Waals surface area (Å²) in [4.78, 5) is 33.3. The van der Waals surface area contributed by atoms with Crippen molar-refractivity contribution >= 4 is 29.0 Å². The molecule has 1 aliphatic heterocycles. The maximum atomic E-state index is 12.4. The number of carbonyl (C=O) groups excluding carboxylic acids is 2. The van der Waals surface area contributed by atoms with Gasteiger partial charge < -0.3 is 10.6 Å². The number of amides is 2. The second kappa shape index (κ2) is 7.84. The monoisotopic (exact) mass is 370 g/mol. The molecule has 0 atom stereocenters. The van der Waals surface area contributed by atoms with Gasteiger partial charge in [0.2, 0.25) is 11.8 Å². The molecule has 6 heteroatoms. The van der Waals surface area contributed by atoms with Crippen molar-refractivity contribution < 1.29 is 9.59 Å². The van der Waals surface area contributed by atoms with Gasteiger partial charge in [-0.15, -0.1) is 0 Å². The van der Waals surface area contributed by atoms with E-state index in [1.54, 1.807) is 12.1 Å². The molecule has 0 unspecified atom stereocenters. The molecule has 138 valence electrons. The number of anilines is 2. The third-order valence-corrected chi connectivity index (χ3v) is 4.30. The first kappa shape index (κ1) is 17.6. The van der Waals surface area contributed by atoms with Gasteiger partial charge in [0.15, 0.2) is 0 Å². The SMILES string of the molecule is O=C(Cc1ccccc1)Nc1ccc2c(n1)C(c1ccccc1)=NCC(=O)N2. The van der Waals surface area contributed by atoms with Gasteiger partial charge in [-0.25, -0.2) is 4.98 Å². The Bertz CT molecular complexity index is 1050. The molecule has 0 radical (unpaired) electrons. The summed E-state index contributed by atoms with van der Waals surface area (Å²) in [7, 11) is 0. The topological polar surface area (TPSA) is 83.5 Å². The summed E-state index contributed by atoms with van der Waals surface area (Å²) in [6.07, 6.45) is 0.260. The summed E-state index contributed by atoms with van der Waals surface area (Å²) < 4.78 is 0. The van der Waals surface area contributed by atoms with Crippen LogP contribution in [0.5, 0.6) is 0 Å². The standard InChI is InChI=1S/C22H18N4O2/c27-19(13-15-7-3-1-4-8-15)25-18-12-11-17-22(26-18)21(23-14-20(28)24-17)16-9-5-2-6-10-16/h1-12H,13-14H2,(H,24,28)(H,25,26,27). The number of nitrogens with one attached hydrogen (secondary N) is 2. The number of benzene rings is 2. The predicted octanol–water partition coefficient (Wildman–Crippen LogP) is 3.05. The Morgan fingerprint density at radius 3 is 2.43 bits per heavy atom. The molecular weight excluding hydrogens is 352 g/mol. The van der Waals surface area contributed by atoms with Gasteiger partial charge in [0.05, 0.1) is 17.8 Å². The lowest BCUT2D eigenvalue weighted by Gasteiger charge is -2.12. The Hall–Kier alpha value is -3.80. The van der Waals surface area contributed by atoms with E-state index < -0.39 is 0 Å². The van der Waals surface area contributed by atoms with E-state index in [4.69, 9.17) is 0 Å². The van der Waals surface area contributed by atoms with Crippen LogP contribution in [0.3, 0.4) is 0 Å². The third-order valence-electron chi connectivity index (χ3n) is 4.30. The van der Waals surface area contributed by atoms with Crippen LogP contribution >= 0.6 is 0 Å². The van der Waals surface area contributed by atoms with E-state index >= 15 is 0 Å². The molecule has 2 heterocycles. The van der Waals surface area contributed by atoms with Gasteiger partial charge in [0.1, 0.15) is 18.1 Å². The summed E-state index contributed by atoms with van der Waals surface area (Å²) in [5.41, 5.74) is 3.52. The fraction of sp³-hybridized carbons (Fsp3) is 0.0909. The van der Waals surface area contributed by atoms with Crippen LogP contribution in [-0.2, 0) is 16.0 Å². The van der Waals surface area contributed by atoms with Crippen molar-refractivity contribution in [3.05, 3.63) is 89.6 Å². The number of aromatic nitrogens is 1. The molecule has 2 aromatic carbocycles. The highest BCUT2D eigenvalue weighted by molar-refractivity contribution is 6.18. The van der Waals surface area contributed by atoms with E-state index in [1.807, 2.05) is 60.7 Å². The van der Waals surface area contributed by atoms with E-state index in [2.05, 4.69) is 20.6 Å². The van der Waals surface area contributed by atoms with E-state index in [0.29, 0.717) is 22.9 Å². The number of carbonyl (C=O) groups is 2. The number of pyridine rings is 1. The highest BCUT2D eigenvalue weighted by Crippen LogP contribution is 2.23. The predicted molar refractivity (Wildman–Crippen MR) is 109 cm³/mol. The van der Waals surface area contributed by atoms with Gasteiger partial charge in [0, 0.05) is 5.56 Å².